The number of benzene rings is 1. The van der Waals surface area contributed by atoms with E-state index in [0.29, 0.717) is 23.4 Å². The zero-order chi connectivity index (χ0) is 15.4. The second-order valence-corrected chi connectivity index (χ2v) is 3.85. The molecule has 19 heavy (non-hydrogen) atoms. The topological polar surface area (TPSA) is 44.1 Å². The van der Waals surface area contributed by atoms with Gasteiger partial charge in [-0.15, -0.1) is 0 Å². The molecule has 98 valence electrons. The van der Waals surface area contributed by atoms with E-state index in [4.69, 9.17) is 7.48 Å². The van der Waals surface area contributed by atoms with Gasteiger partial charge in [0.05, 0.1) is 21.3 Å². The Hall–Kier alpha value is -2.36. The first-order valence-corrected chi connectivity index (χ1v) is 5.98. The van der Waals surface area contributed by atoms with Crippen LogP contribution in [-0.4, -0.2) is 16.4 Å². The molecular weight excluding hydrogens is 240 g/mol. The molecule has 1 heterocycles. The summed E-state index contributed by atoms with van der Waals surface area (Å²) in [7, 11) is 1.49. The van der Waals surface area contributed by atoms with Crippen molar-refractivity contribution in [3.63, 3.8) is 0 Å². The number of hydrogen-bond acceptors (Lipinski definition) is 3. The monoisotopic (exact) mass is 258 g/mol. The van der Waals surface area contributed by atoms with Gasteiger partial charge in [-0.1, -0.05) is 30.3 Å². The molecule has 0 radical (unpaired) electrons. The van der Waals surface area contributed by atoms with Crippen molar-refractivity contribution in [1.82, 2.24) is 9.78 Å². The molecule has 4 heteroatoms. The van der Waals surface area contributed by atoms with Gasteiger partial charge in [-0.05, 0) is 13.0 Å². The van der Waals surface area contributed by atoms with Gasteiger partial charge in [0.2, 0.25) is 0 Å². The molecule has 2 aromatic rings. The smallest absolute Gasteiger partial charge is 0.267 e. The second-order valence-electron chi connectivity index (χ2n) is 3.85. The standard InChI is InChI=1S/C15H16N2O2/c1-3-19-10-9-13-11-14(18)17(2)16-15(13)12-7-5-4-6-8-12/h4-11H,3H2,1-2H3/i7D,11D. The summed E-state index contributed by atoms with van der Waals surface area (Å²) in [6, 6.07) is 7.05. The summed E-state index contributed by atoms with van der Waals surface area (Å²) < 4.78 is 22.2. The van der Waals surface area contributed by atoms with E-state index in [9.17, 15) is 4.79 Å². The lowest BCUT2D eigenvalue weighted by Gasteiger charge is -2.07. The fourth-order valence-corrected chi connectivity index (χ4v) is 1.58. The normalized spacial score (nSPS) is 12.3. The summed E-state index contributed by atoms with van der Waals surface area (Å²) >= 11 is 0. The van der Waals surface area contributed by atoms with E-state index in [2.05, 4.69) is 5.10 Å². The fraction of sp³-hybridized carbons (Fsp3) is 0.200. The molecule has 0 atom stereocenters. The zero-order valence-corrected chi connectivity index (χ0v) is 10.9. The maximum Gasteiger partial charge on any atom is 0.267 e. The van der Waals surface area contributed by atoms with Crippen molar-refractivity contribution in [2.75, 3.05) is 6.61 Å². The molecule has 2 rings (SSSR count). The molecule has 1 aromatic heterocycles. The van der Waals surface area contributed by atoms with Crippen LogP contribution in [0.25, 0.3) is 17.3 Å². The minimum Gasteiger partial charge on any atom is -0.501 e. The highest BCUT2D eigenvalue weighted by atomic mass is 16.5. The van der Waals surface area contributed by atoms with Crippen molar-refractivity contribution < 1.29 is 7.48 Å². The first-order valence-electron chi connectivity index (χ1n) is 6.98. The van der Waals surface area contributed by atoms with Crippen LogP contribution in [0.3, 0.4) is 0 Å². The average Bonchev–Trinajstić information content (AvgIpc) is 2.48. The zero-order valence-electron chi connectivity index (χ0n) is 12.9. The quantitative estimate of drug-likeness (QED) is 0.791. The van der Waals surface area contributed by atoms with Crippen LogP contribution in [0.15, 0.2) is 47.4 Å². The first kappa shape index (κ1) is 10.6. The van der Waals surface area contributed by atoms with Gasteiger partial charge in [0.25, 0.3) is 5.56 Å². The molecule has 0 aliphatic carbocycles. The summed E-state index contributed by atoms with van der Waals surface area (Å²) in [5.74, 6) is 0. The van der Waals surface area contributed by atoms with Gasteiger partial charge < -0.3 is 4.74 Å². The van der Waals surface area contributed by atoms with Gasteiger partial charge in [0.1, 0.15) is 0 Å². The van der Waals surface area contributed by atoms with Crippen molar-refractivity contribution in [3.8, 4) is 11.3 Å². The lowest BCUT2D eigenvalue weighted by atomic mass is 10.1. The van der Waals surface area contributed by atoms with Gasteiger partial charge in [-0.2, -0.15) is 5.10 Å². The number of aryl methyl sites for hydroxylation is 1. The Morgan fingerprint density at radius 3 is 3.05 bits per heavy atom. The van der Waals surface area contributed by atoms with Crippen molar-refractivity contribution in [2.24, 2.45) is 7.05 Å². The number of hydrogen-bond donors (Lipinski definition) is 0. The fourth-order valence-electron chi connectivity index (χ4n) is 1.58. The number of rotatable bonds is 4. The minimum absolute atomic E-state index is 0.165. The van der Waals surface area contributed by atoms with Crippen LogP contribution in [0.2, 0.25) is 0 Å². The molecule has 4 nitrogen and oxygen atoms in total. The van der Waals surface area contributed by atoms with E-state index in [0.717, 1.165) is 4.68 Å². The van der Waals surface area contributed by atoms with Crippen LogP contribution in [0.5, 0.6) is 0 Å². The number of aromatic nitrogens is 2. The molecule has 0 bridgehead atoms. The minimum atomic E-state index is -0.489. The molecule has 0 N–H and O–H groups in total. The maximum absolute atomic E-state index is 11.9. The maximum atomic E-state index is 11.9. The van der Waals surface area contributed by atoms with Crippen molar-refractivity contribution in [2.45, 2.75) is 6.92 Å². The van der Waals surface area contributed by atoms with E-state index in [-0.39, 0.29) is 12.1 Å². The molecule has 1 aromatic carbocycles. The molecule has 0 saturated carbocycles. The SMILES string of the molecule is [2H]c1ccccc1-c1nn(C)c(=O)c([2H])c1C=COCC. The Balaban J connectivity index is 2.70. The van der Waals surface area contributed by atoms with Crippen LogP contribution in [0.4, 0.5) is 0 Å². The highest BCUT2D eigenvalue weighted by molar-refractivity contribution is 5.70. The predicted octanol–water partition coefficient (Wildman–Crippen LogP) is 2.45. The van der Waals surface area contributed by atoms with E-state index in [1.165, 1.54) is 13.3 Å². The lowest BCUT2D eigenvalue weighted by Crippen LogP contribution is -2.19. The van der Waals surface area contributed by atoms with E-state index in [1.54, 1.807) is 30.3 Å². The largest absolute Gasteiger partial charge is 0.501 e. The molecule has 0 unspecified atom stereocenters. The van der Waals surface area contributed by atoms with Crippen LogP contribution < -0.4 is 5.56 Å². The lowest BCUT2D eigenvalue weighted by molar-refractivity contribution is 0.272. The van der Waals surface area contributed by atoms with E-state index in [1.807, 2.05) is 6.92 Å². The Morgan fingerprint density at radius 2 is 2.32 bits per heavy atom. The molecule has 0 aliphatic rings. The van der Waals surface area contributed by atoms with E-state index < -0.39 is 5.56 Å². The second kappa shape index (κ2) is 6.00. The van der Waals surface area contributed by atoms with E-state index >= 15 is 0 Å². The Labute approximate surface area is 114 Å². The molecule has 0 amide bonds. The molecule has 0 aliphatic heterocycles. The van der Waals surface area contributed by atoms with Crippen LogP contribution >= 0.6 is 0 Å². The molecule has 0 saturated heterocycles. The van der Waals surface area contributed by atoms with Crippen LogP contribution in [0, 0.1) is 0 Å². The van der Waals surface area contributed by atoms with Crippen LogP contribution in [0.1, 0.15) is 15.2 Å². The van der Waals surface area contributed by atoms with Crippen LogP contribution in [-0.2, 0) is 11.8 Å². The Bertz CT molecular complexity index is 739. The summed E-state index contributed by atoms with van der Waals surface area (Å²) in [5.41, 5.74) is 0.852. The summed E-state index contributed by atoms with van der Waals surface area (Å²) in [6.45, 7) is 2.33. The Morgan fingerprint density at radius 1 is 1.47 bits per heavy atom. The van der Waals surface area contributed by atoms with Crippen molar-refractivity contribution >= 4 is 6.08 Å². The highest BCUT2D eigenvalue weighted by Gasteiger charge is 2.07. The highest BCUT2D eigenvalue weighted by Crippen LogP contribution is 2.20. The molecule has 0 spiro atoms. The summed E-state index contributed by atoms with van der Waals surface area (Å²) in [6.07, 6.45) is 2.98. The third-order valence-electron chi connectivity index (χ3n) is 2.50. The first-order chi connectivity index (χ1) is 10.1. The molecular formula is C15H16N2O2. The van der Waals surface area contributed by atoms with Crippen molar-refractivity contribution in [3.05, 3.63) is 58.5 Å². The predicted molar refractivity (Wildman–Crippen MR) is 75.6 cm³/mol. The average molecular weight is 258 g/mol. The third kappa shape index (κ3) is 3.10. The third-order valence-corrected chi connectivity index (χ3v) is 2.50. The Kier molecular flexibility index (Phi) is 3.33. The number of ether oxygens (including phenoxy) is 1. The number of nitrogens with zero attached hydrogens (tertiary/aromatic N) is 2. The van der Waals surface area contributed by atoms with Gasteiger partial charge in [-0.3, -0.25) is 4.79 Å². The van der Waals surface area contributed by atoms with Gasteiger partial charge >= 0.3 is 0 Å². The van der Waals surface area contributed by atoms with Gasteiger partial charge in [-0.25, -0.2) is 4.68 Å². The van der Waals surface area contributed by atoms with Gasteiger partial charge in [0.15, 0.2) is 0 Å². The summed E-state index contributed by atoms with van der Waals surface area (Å²) in [4.78, 5) is 11.9. The van der Waals surface area contributed by atoms with Gasteiger partial charge in [0, 0.05) is 24.2 Å². The summed E-state index contributed by atoms with van der Waals surface area (Å²) in [5, 5.41) is 4.20. The van der Waals surface area contributed by atoms with Crippen molar-refractivity contribution in [1.29, 1.82) is 0 Å². The molecule has 0 fully saturated rings.